The minimum absolute atomic E-state index is 0.399. The predicted octanol–water partition coefficient (Wildman–Crippen LogP) is 3.37. The quantitative estimate of drug-likeness (QED) is 0.458. The zero-order valence-electron chi connectivity index (χ0n) is 11.8. The van der Waals surface area contributed by atoms with E-state index < -0.39 is 5.97 Å². The van der Waals surface area contributed by atoms with Crippen LogP contribution in [0.1, 0.15) is 15.9 Å². The normalized spacial score (nSPS) is 11.1. The molecule has 0 fully saturated rings. The molecular weight excluding hydrogens is 298 g/mol. The molecule has 0 saturated carbocycles. The summed E-state index contributed by atoms with van der Waals surface area (Å²) in [5.41, 5.74) is 2.91. The third-order valence-electron chi connectivity index (χ3n) is 3.24. The Kier molecular flexibility index (Phi) is 3.84. The van der Waals surface area contributed by atoms with Crippen molar-refractivity contribution in [2.75, 3.05) is 7.11 Å². The van der Waals surface area contributed by atoms with E-state index in [1.807, 2.05) is 30.3 Å². The van der Waals surface area contributed by atoms with E-state index in [2.05, 4.69) is 10.1 Å². The lowest BCUT2D eigenvalue weighted by Gasteiger charge is -2.03. The predicted molar refractivity (Wildman–Crippen MR) is 87.9 cm³/mol. The van der Waals surface area contributed by atoms with Crippen LogP contribution in [0.3, 0.4) is 0 Å². The maximum Gasteiger partial charge on any atom is 0.338 e. The van der Waals surface area contributed by atoms with Crippen molar-refractivity contribution in [3.8, 4) is 0 Å². The maximum atomic E-state index is 11.8. The SMILES string of the molecule is COC(=O)c1ccccc1/C=N/n1c(=S)[nH]c2ccccc21. The highest BCUT2D eigenvalue weighted by Gasteiger charge is 2.09. The van der Waals surface area contributed by atoms with Gasteiger partial charge in [0, 0.05) is 5.56 Å². The molecule has 6 heteroatoms. The second-order valence-corrected chi connectivity index (χ2v) is 4.97. The number of hydrogen-bond donors (Lipinski definition) is 1. The lowest BCUT2D eigenvalue weighted by molar-refractivity contribution is 0.0600. The van der Waals surface area contributed by atoms with Gasteiger partial charge in [0.1, 0.15) is 0 Å². The van der Waals surface area contributed by atoms with Gasteiger partial charge in [-0.2, -0.15) is 5.10 Å². The number of aromatic nitrogens is 2. The van der Waals surface area contributed by atoms with Crippen molar-refractivity contribution in [1.29, 1.82) is 0 Å². The van der Waals surface area contributed by atoms with Crippen molar-refractivity contribution in [3.05, 3.63) is 64.4 Å². The Morgan fingerprint density at radius 3 is 2.77 bits per heavy atom. The fourth-order valence-electron chi connectivity index (χ4n) is 2.18. The van der Waals surface area contributed by atoms with Crippen LogP contribution in [-0.4, -0.2) is 29.0 Å². The Morgan fingerprint density at radius 1 is 1.23 bits per heavy atom. The number of methoxy groups -OCH3 is 1. The maximum absolute atomic E-state index is 11.8. The standard InChI is InChI=1S/C16H13N3O2S/c1-21-15(20)12-7-3-2-6-11(12)10-17-19-14-9-5-4-8-13(14)18-16(19)22/h2-10H,1H3,(H,18,22)/b17-10+. The summed E-state index contributed by atoms with van der Waals surface area (Å²) in [6.45, 7) is 0. The van der Waals surface area contributed by atoms with Gasteiger partial charge in [0.15, 0.2) is 4.77 Å². The molecule has 0 amide bonds. The number of carbonyl (C=O) groups excluding carboxylic acids is 1. The number of imidazole rings is 1. The monoisotopic (exact) mass is 311 g/mol. The molecule has 1 aromatic heterocycles. The summed E-state index contributed by atoms with van der Waals surface area (Å²) >= 11 is 5.28. The summed E-state index contributed by atoms with van der Waals surface area (Å²) in [5, 5.41) is 4.39. The third-order valence-corrected chi connectivity index (χ3v) is 3.52. The number of benzene rings is 2. The molecule has 1 N–H and O–H groups in total. The van der Waals surface area contributed by atoms with Crippen molar-refractivity contribution in [3.63, 3.8) is 0 Å². The molecule has 0 aliphatic carbocycles. The van der Waals surface area contributed by atoms with E-state index in [4.69, 9.17) is 17.0 Å². The summed E-state index contributed by atoms with van der Waals surface area (Å²) in [4.78, 5) is 14.8. The van der Waals surface area contributed by atoms with Crippen LogP contribution in [0.4, 0.5) is 0 Å². The largest absolute Gasteiger partial charge is 0.465 e. The molecule has 0 bridgehead atoms. The lowest BCUT2D eigenvalue weighted by Crippen LogP contribution is -2.05. The Balaban J connectivity index is 2.06. The molecule has 0 aliphatic heterocycles. The van der Waals surface area contributed by atoms with Crippen LogP contribution in [0, 0.1) is 4.77 Å². The molecular formula is C16H13N3O2S. The van der Waals surface area contributed by atoms with Crippen molar-refractivity contribution in [2.24, 2.45) is 5.10 Å². The first-order chi connectivity index (χ1) is 10.7. The van der Waals surface area contributed by atoms with Crippen molar-refractivity contribution in [2.45, 2.75) is 0 Å². The van der Waals surface area contributed by atoms with E-state index in [1.165, 1.54) is 7.11 Å². The van der Waals surface area contributed by atoms with Crippen LogP contribution in [-0.2, 0) is 4.74 Å². The molecule has 3 aromatic rings. The average Bonchev–Trinajstić information content (AvgIpc) is 2.87. The summed E-state index contributed by atoms with van der Waals surface area (Å²) in [5.74, 6) is -0.399. The van der Waals surface area contributed by atoms with E-state index in [-0.39, 0.29) is 0 Å². The van der Waals surface area contributed by atoms with Gasteiger partial charge in [-0.1, -0.05) is 30.3 Å². The minimum atomic E-state index is -0.399. The molecule has 22 heavy (non-hydrogen) atoms. The topological polar surface area (TPSA) is 59.4 Å². The molecule has 5 nitrogen and oxygen atoms in total. The van der Waals surface area contributed by atoms with E-state index in [9.17, 15) is 4.79 Å². The number of carbonyl (C=O) groups is 1. The molecule has 3 rings (SSSR count). The van der Waals surface area contributed by atoms with Gasteiger partial charge in [-0.15, -0.1) is 0 Å². The first-order valence-corrected chi connectivity index (χ1v) is 7.03. The second kappa shape index (κ2) is 5.95. The summed E-state index contributed by atoms with van der Waals surface area (Å²) in [6.07, 6.45) is 1.60. The van der Waals surface area contributed by atoms with Crippen molar-refractivity contribution in [1.82, 2.24) is 9.66 Å². The third kappa shape index (κ3) is 2.56. The number of aromatic amines is 1. The Bertz CT molecular complexity index is 924. The van der Waals surface area contributed by atoms with Crippen LogP contribution in [0.2, 0.25) is 0 Å². The van der Waals surface area contributed by atoms with E-state index in [1.54, 1.807) is 29.1 Å². The lowest BCUT2D eigenvalue weighted by atomic mass is 10.1. The van der Waals surface area contributed by atoms with Crippen LogP contribution >= 0.6 is 12.2 Å². The molecule has 0 radical (unpaired) electrons. The highest BCUT2D eigenvalue weighted by Crippen LogP contribution is 2.14. The van der Waals surface area contributed by atoms with Gasteiger partial charge >= 0.3 is 5.97 Å². The second-order valence-electron chi connectivity index (χ2n) is 4.58. The first-order valence-electron chi connectivity index (χ1n) is 6.62. The van der Waals surface area contributed by atoms with E-state index in [0.717, 1.165) is 11.0 Å². The number of ether oxygens (including phenoxy) is 1. The van der Waals surface area contributed by atoms with Gasteiger partial charge in [-0.25, -0.2) is 9.47 Å². The summed E-state index contributed by atoms with van der Waals surface area (Å²) in [6, 6.07) is 14.8. The minimum Gasteiger partial charge on any atom is -0.465 e. The van der Waals surface area contributed by atoms with Crippen molar-refractivity contribution < 1.29 is 9.53 Å². The smallest absolute Gasteiger partial charge is 0.338 e. The van der Waals surface area contributed by atoms with Crippen LogP contribution in [0.25, 0.3) is 11.0 Å². The van der Waals surface area contributed by atoms with Crippen LogP contribution in [0.5, 0.6) is 0 Å². The molecule has 0 spiro atoms. The number of hydrogen-bond acceptors (Lipinski definition) is 4. The van der Waals surface area contributed by atoms with Gasteiger partial charge in [0.05, 0.1) is 29.9 Å². The molecule has 1 heterocycles. The van der Waals surface area contributed by atoms with Gasteiger partial charge < -0.3 is 9.72 Å². The summed E-state index contributed by atoms with van der Waals surface area (Å²) in [7, 11) is 1.35. The number of nitrogens with zero attached hydrogens (tertiary/aromatic N) is 2. The number of fused-ring (bicyclic) bond motifs is 1. The zero-order valence-corrected chi connectivity index (χ0v) is 12.6. The van der Waals surface area contributed by atoms with E-state index >= 15 is 0 Å². The highest BCUT2D eigenvalue weighted by molar-refractivity contribution is 7.71. The fourth-order valence-corrected chi connectivity index (χ4v) is 2.44. The fraction of sp³-hybridized carbons (Fsp3) is 0.0625. The molecule has 0 saturated heterocycles. The van der Waals surface area contributed by atoms with Gasteiger partial charge in [0.2, 0.25) is 0 Å². The number of nitrogens with one attached hydrogen (secondary N) is 1. The molecule has 110 valence electrons. The van der Waals surface area contributed by atoms with Crippen LogP contribution in [0.15, 0.2) is 53.6 Å². The molecule has 0 aliphatic rings. The van der Waals surface area contributed by atoms with Crippen molar-refractivity contribution >= 4 is 35.4 Å². The number of esters is 1. The van der Waals surface area contributed by atoms with Gasteiger partial charge in [0.25, 0.3) is 0 Å². The average molecular weight is 311 g/mol. The molecule has 0 unspecified atom stereocenters. The Morgan fingerprint density at radius 2 is 1.95 bits per heavy atom. The molecule has 2 aromatic carbocycles. The summed E-state index contributed by atoms with van der Waals surface area (Å²) < 4.78 is 6.89. The Labute approximate surface area is 131 Å². The number of para-hydroxylation sites is 2. The zero-order chi connectivity index (χ0) is 15.5. The highest BCUT2D eigenvalue weighted by atomic mass is 32.1. The van der Waals surface area contributed by atoms with Gasteiger partial charge in [-0.3, -0.25) is 0 Å². The number of H-pyrrole nitrogens is 1. The number of rotatable bonds is 3. The van der Waals surface area contributed by atoms with E-state index in [0.29, 0.717) is 15.9 Å². The molecule has 0 atom stereocenters. The van der Waals surface area contributed by atoms with Crippen LogP contribution < -0.4 is 0 Å². The Hall–Kier alpha value is -2.73. The van der Waals surface area contributed by atoms with Gasteiger partial charge in [-0.05, 0) is 30.4 Å². The first kappa shape index (κ1) is 14.2.